The molecule has 4 aliphatic rings. The molecule has 2 bridgehead atoms. The lowest BCUT2D eigenvalue weighted by molar-refractivity contribution is -0.555. The molecule has 1 N–H and O–H groups in total. The summed E-state index contributed by atoms with van der Waals surface area (Å²) < 4.78 is 6.02. The van der Waals surface area contributed by atoms with Gasteiger partial charge in [-0.2, -0.15) is 4.89 Å². The molecule has 4 atom stereocenters. The van der Waals surface area contributed by atoms with Gasteiger partial charge in [0.1, 0.15) is 5.60 Å². The quantitative estimate of drug-likeness (QED) is 0.519. The van der Waals surface area contributed by atoms with Crippen LogP contribution in [0.5, 0.6) is 0 Å². The predicted octanol–water partition coefficient (Wildman–Crippen LogP) is 1.93. The van der Waals surface area contributed by atoms with E-state index in [1.54, 1.807) is 6.92 Å². The van der Waals surface area contributed by atoms with Crippen molar-refractivity contribution in [2.75, 3.05) is 0 Å². The maximum Gasteiger partial charge on any atom is 0.218 e. The van der Waals surface area contributed by atoms with E-state index in [9.17, 15) is 5.11 Å². The molecule has 96 valence electrons. The van der Waals surface area contributed by atoms with Gasteiger partial charge in [-0.15, -0.1) is 0 Å². The van der Waals surface area contributed by atoms with Gasteiger partial charge in [0.15, 0.2) is 5.60 Å². The minimum absolute atomic E-state index is 0.140. The van der Waals surface area contributed by atoms with Crippen molar-refractivity contribution in [3.05, 3.63) is 12.2 Å². The molecule has 1 spiro atoms. The molecule has 1 saturated heterocycles. The molecule has 0 unspecified atom stereocenters. The summed E-state index contributed by atoms with van der Waals surface area (Å²) in [5.41, 5.74) is -1.61. The van der Waals surface area contributed by atoms with E-state index in [4.69, 9.17) is 14.5 Å². The summed E-state index contributed by atoms with van der Waals surface area (Å²) >= 11 is 0. The van der Waals surface area contributed by atoms with Crippen LogP contribution in [0.25, 0.3) is 0 Å². The Bertz CT molecular complexity index is 391. The summed E-state index contributed by atoms with van der Waals surface area (Å²) in [6.07, 6.45) is 4.96. The normalized spacial score (nSPS) is 55.7. The third-order valence-electron chi connectivity index (χ3n) is 4.80. The van der Waals surface area contributed by atoms with Crippen molar-refractivity contribution in [3.63, 3.8) is 0 Å². The summed E-state index contributed by atoms with van der Waals surface area (Å²) in [5, 5.41) is 10.3. The first kappa shape index (κ1) is 11.7. The lowest BCUT2D eigenvalue weighted by atomic mass is 9.56. The zero-order chi connectivity index (χ0) is 12.5. The van der Waals surface area contributed by atoms with E-state index in [2.05, 4.69) is 13.8 Å². The second kappa shape index (κ2) is 2.94. The van der Waals surface area contributed by atoms with Gasteiger partial charge in [0.2, 0.25) is 5.79 Å². The topological polar surface area (TPSA) is 47.9 Å². The van der Waals surface area contributed by atoms with Gasteiger partial charge in [0, 0.05) is 5.41 Å². The fraction of sp³-hybridized carbons (Fsp3) is 0.846. The molecule has 2 fully saturated rings. The standard InChI is InChI=1S/C13H20O4/c1-10(2)6-5-9(14)12(4)13(10)8-7-11(3,15-12)16-17-13/h7-9,14H,5-6H2,1-4H3/t9-,11+,12-,13+/m0/s1. The molecule has 0 amide bonds. The summed E-state index contributed by atoms with van der Waals surface area (Å²) in [4.78, 5) is 11.0. The van der Waals surface area contributed by atoms with Crippen LogP contribution in [0.15, 0.2) is 12.2 Å². The van der Waals surface area contributed by atoms with Crippen LogP contribution in [-0.4, -0.2) is 28.2 Å². The van der Waals surface area contributed by atoms with Gasteiger partial charge in [-0.3, -0.25) is 0 Å². The van der Waals surface area contributed by atoms with Gasteiger partial charge in [-0.05, 0) is 38.8 Å². The summed E-state index contributed by atoms with van der Waals surface area (Å²) in [6.45, 7) is 7.97. The Morgan fingerprint density at radius 1 is 1.12 bits per heavy atom. The van der Waals surface area contributed by atoms with E-state index in [0.29, 0.717) is 0 Å². The minimum atomic E-state index is -0.884. The van der Waals surface area contributed by atoms with Crippen molar-refractivity contribution < 1.29 is 19.6 Å². The van der Waals surface area contributed by atoms with Crippen molar-refractivity contribution in [2.24, 2.45) is 5.41 Å². The third-order valence-corrected chi connectivity index (χ3v) is 4.80. The Labute approximate surface area is 101 Å². The highest BCUT2D eigenvalue weighted by Crippen LogP contribution is 2.60. The van der Waals surface area contributed by atoms with E-state index in [-0.39, 0.29) is 5.41 Å². The van der Waals surface area contributed by atoms with Gasteiger partial charge in [-0.25, -0.2) is 4.89 Å². The molecule has 4 heteroatoms. The second-order valence-electron chi connectivity index (χ2n) is 6.40. The van der Waals surface area contributed by atoms with E-state index in [0.717, 1.165) is 12.8 Å². The van der Waals surface area contributed by atoms with E-state index in [1.807, 2.05) is 19.1 Å². The van der Waals surface area contributed by atoms with Gasteiger partial charge >= 0.3 is 0 Å². The van der Waals surface area contributed by atoms with E-state index < -0.39 is 23.1 Å². The highest BCUT2D eigenvalue weighted by Gasteiger charge is 2.71. The third kappa shape index (κ3) is 1.17. The zero-order valence-corrected chi connectivity index (χ0v) is 10.8. The zero-order valence-electron chi connectivity index (χ0n) is 10.8. The van der Waals surface area contributed by atoms with E-state index in [1.165, 1.54) is 0 Å². The first-order chi connectivity index (χ1) is 7.75. The first-order valence-corrected chi connectivity index (χ1v) is 6.20. The minimum Gasteiger partial charge on any atom is -0.390 e. The molecule has 17 heavy (non-hydrogen) atoms. The largest absolute Gasteiger partial charge is 0.390 e. The lowest BCUT2D eigenvalue weighted by Crippen LogP contribution is -2.77. The predicted molar refractivity (Wildman–Crippen MR) is 61.0 cm³/mol. The van der Waals surface area contributed by atoms with Crippen LogP contribution in [0.3, 0.4) is 0 Å². The van der Waals surface area contributed by atoms with Crippen molar-refractivity contribution in [3.8, 4) is 0 Å². The molecule has 1 aliphatic carbocycles. The number of aliphatic hydroxyl groups excluding tert-OH is 1. The highest BCUT2D eigenvalue weighted by atomic mass is 17.3. The lowest BCUT2D eigenvalue weighted by Gasteiger charge is -2.65. The molecule has 3 heterocycles. The number of hydrogen-bond donors (Lipinski definition) is 1. The van der Waals surface area contributed by atoms with Crippen LogP contribution in [0.4, 0.5) is 0 Å². The highest BCUT2D eigenvalue weighted by molar-refractivity contribution is 5.29. The van der Waals surface area contributed by atoms with Crippen LogP contribution >= 0.6 is 0 Å². The number of hydrogen-bond acceptors (Lipinski definition) is 4. The Kier molecular flexibility index (Phi) is 2.01. The Balaban J connectivity index is 2.18. The Hall–Kier alpha value is -0.420. The molecule has 0 radical (unpaired) electrons. The number of aliphatic hydroxyl groups is 1. The molecule has 0 aromatic carbocycles. The average Bonchev–Trinajstić information content (AvgIpc) is 2.24. The SMILES string of the molecule is CC1(C)CC[C@H](O)[C@]2(C)O[C@@]3(C)C=C[C@@]12OO3. The maximum atomic E-state index is 10.3. The van der Waals surface area contributed by atoms with Crippen molar-refractivity contribution in [1.29, 1.82) is 0 Å². The Morgan fingerprint density at radius 3 is 2.41 bits per heavy atom. The monoisotopic (exact) mass is 240 g/mol. The smallest absolute Gasteiger partial charge is 0.218 e. The first-order valence-electron chi connectivity index (χ1n) is 6.20. The molecular formula is C13H20O4. The molecule has 4 nitrogen and oxygen atoms in total. The Morgan fingerprint density at radius 2 is 1.82 bits per heavy atom. The number of ether oxygens (including phenoxy) is 1. The van der Waals surface area contributed by atoms with Crippen molar-refractivity contribution >= 4 is 0 Å². The number of fused-ring (bicyclic) bond motifs is 1. The van der Waals surface area contributed by atoms with Crippen LogP contribution < -0.4 is 0 Å². The van der Waals surface area contributed by atoms with Crippen LogP contribution in [0, 0.1) is 5.41 Å². The summed E-state index contributed by atoms with van der Waals surface area (Å²) in [7, 11) is 0. The van der Waals surface area contributed by atoms with Gasteiger partial charge in [-0.1, -0.05) is 13.8 Å². The number of rotatable bonds is 0. The molecular weight excluding hydrogens is 220 g/mol. The van der Waals surface area contributed by atoms with Crippen LogP contribution in [0.1, 0.15) is 40.5 Å². The van der Waals surface area contributed by atoms with Gasteiger partial charge in [0.05, 0.1) is 6.10 Å². The molecule has 0 aromatic heterocycles. The summed E-state index contributed by atoms with van der Waals surface area (Å²) in [5.74, 6) is -0.884. The fourth-order valence-corrected chi connectivity index (χ4v) is 3.55. The molecule has 4 rings (SSSR count). The fourth-order valence-electron chi connectivity index (χ4n) is 3.55. The van der Waals surface area contributed by atoms with E-state index >= 15 is 0 Å². The average molecular weight is 240 g/mol. The second-order valence-corrected chi connectivity index (χ2v) is 6.40. The van der Waals surface area contributed by atoms with Crippen molar-refractivity contribution in [2.45, 2.75) is 63.6 Å². The van der Waals surface area contributed by atoms with Gasteiger partial charge in [0.25, 0.3) is 0 Å². The van der Waals surface area contributed by atoms with Crippen LogP contribution in [0.2, 0.25) is 0 Å². The molecule has 3 aliphatic heterocycles. The van der Waals surface area contributed by atoms with Crippen LogP contribution in [-0.2, 0) is 14.5 Å². The molecule has 1 saturated carbocycles. The maximum absolute atomic E-state index is 10.3. The van der Waals surface area contributed by atoms with Crippen molar-refractivity contribution in [1.82, 2.24) is 0 Å². The summed E-state index contributed by atoms with van der Waals surface area (Å²) in [6, 6.07) is 0. The molecule has 0 aromatic rings. The van der Waals surface area contributed by atoms with Gasteiger partial charge < -0.3 is 9.84 Å².